The van der Waals surface area contributed by atoms with Gasteiger partial charge >= 0.3 is 0 Å². The van der Waals surface area contributed by atoms with E-state index in [2.05, 4.69) is 21.2 Å². The number of rotatable bonds is 4. The van der Waals surface area contributed by atoms with Gasteiger partial charge in [0.15, 0.2) is 0 Å². The van der Waals surface area contributed by atoms with Crippen molar-refractivity contribution >= 4 is 21.8 Å². The van der Waals surface area contributed by atoms with Crippen molar-refractivity contribution in [2.24, 2.45) is 5.41 Å². The molecule has 0 bridgehead atoms. The number of amides is 1. The Morgan fingerprint density at radius 3 is 2.53 bits per heavy atom. The lowest BCUT2D eigenvalue weighted by Gasteiger charge is -2.39. The maximum Gasteiger partial charge on any atom is 0.251 e. The number of aliphatic hydroxyl groups excluding tert-OH is 1. The lowest BCUT2D eigenvalue weighted by Crippen LogP contribution is -2.53. The van der Waals surface area contributed by atoms with Crippen LogP contribution in [-0.2, 0) is 4.74 Å². The van der Waals surface area contributed by atoms with Crippen molar-refractivity contribution in [2.45, 2.75) is 0 Å². The summed E-state index contributed by atoms with van der Waals surface area (Å²) in [5.74, 6) is -0.128. The Morgan fingerprint density at radius 2 is 2.06 bits per heavy atom. The molecule has 0 radical (unpaired) electrons. The molecule has 0 aromatic heterocycles. The molecule has 1 amide bonds. The van der Waals surface area contributed by atoms with E-state index in [-0.39, 0.29) is 17.9 Å². The van der Waals surface area contributed by atoms with E-state index in [1.165, 1.54) is 0 Å². The first kappa shape index (κ1) is 12.5. The van der Waals surface area contributed by atoms with Crippen LogP contribution in [0.4, 0.5) is 0 Å². The zero-order chi connectivity index (χ0) is 12.3. The third-order valence-corrected chi connectivity index (χ3v) is 3.41. The van der Waals surface area contributed by atoms with Gasteiger partial charge in [-0.25, -0.2) is 0 Å². The van der Waals surface area contributed by atoms with Crippen LogP contribution in [0.25, 0.3) is 0 Å². The van der Waals surface area contributed by atoms with E-state index < -0.39 is 0 Å². The molecule has 4 nitrogen and oxygen atoms in total. The van der Waals surface area contributed by atoms with E-state index in [0.29, 0.717) is 25.3 Å². The van der Waals surface area contributed by atoms with E-state index in [4.69, 9.17) is 4.74 Å². The Balaban J connectivity index is 1.91. The lowest BCUT2D eigenvalue weighted by molar-refractivity contribution is -0.133. The van der Waals surface area contributed by atoms with Crippen LogP contribution in [0.3, 0.4) is 0 Å². The number of carbonyl (C=O) groups is 1. The van der Waals surface area contributed by atoms with Crippen molar-refractivity contribution in [3.63, 3.8) is 0 Å². The molecule has 0 atom stereocenters. The fourth-order valence-electron chi connectivity index (χ4n) is 1.61. The van der Waals surface area contributed by atoms with Crippen molar-refractivity contribution in [3.8, 4) is 0 Å². The maximum atomic E-state index is 11.8. The van der Waals surface area contributed by atoms with Gasteiger partial charge < -0.3 is 15.2 Å². The van der Waals surface area contributed by atoms with Gasteiger partial charge in [-0.15, -0.1) is 0 Å². The SMILES string of the molecule is O=C(NCC1(CO)COC1)c1ccc(Br)cc1. The molecule has 1 fully saturated rings. The molecule has 1 aliphatic rings. The molecule has 1 saturated heterocycles. The van der Waals surface area contributed by atoms with Crippen molar-refractivity contribution in [2.75, 3.05) is 26.4 Å². The minimum atomic E-state index is -0.287. The molecule has 0 saturated carbocycles. The van der Waals surface area contributed by atoms with Crippen LogP contribution in [0.15, 0.2) is 28.7 Å². The zero-order valence-corrected chi connectivity index (χ0v) is 10.9. The largest absolute Gasteiger partial charge is 0.396 e. The first-order chi connectivity index (χ1) is 8.15. The second kappa shape index (κ2) is 5.16. The summed E-state index contributed by atoms with van der Waals surface area (Å²) in [5.41, 5.74) is 0.326. The highest BCUT2D eigenvalue weighted by molar-refractivity contribution is 9.10. The number of aliphatic hydroxyl groups is 1. The van der Waals surface area contributed by atoms with Crippen LogP contribution < -0.4 is 5.32 Å². The molecule has 0 unspecified atom stereocenters. The molecule has 0 spiro atoms. The topological polar surface area (TPSA) is 58.6 Å². The van der Waals surface area contributed by atoms with Crippen LogP contribution in [-0.4, -0.2) is 37.4 Å². The van der Waals surface area contributed by atoms with Gasteiger partial charge in [-0.2, -0.15) is 0 Å². The van der Waals surface area contributed by atoms with E-state index in [0.717, 1.165) is 4.47 Å². The number of benzene rings is 1. The van der Waals surface area contributed by atoms with E-state index in [9.17, 15) is 9.90 Å². The molecule has 0 aliphatic carbocycles. The molecular formula is C12H14BrNO3. The monoisotopic (exact) mass is 299 g/mol. The third-order valence-electron chi connectivity index (χ3n) is 2.88. The summed E-state index contributed by atoms with van der Waals surface area (Å²) >= 11 is 3.32. The standard InChI is InChI=1S/C12H14BrNO3/c13-10-3-1-9(2-4-10)11(16)14-5-12(6-15)7-17-8-12/h1-4,15H,5-8H2,(H,14,16). The number of nitrogens with one attached hydrogen (secondary N) is 1. The van der Waals surface area contributed by atoms with Gasteiger partial charge in [0.25, 0.3) is 5.91 Å². The van der Waals surface area contributed by atoms with Gasteiger partial charge in [-0.3, -0.25) is 4.79 Å². The molecule has 5 heteroatoms. The van der Waals surface area contributed by atoms with Gasteiger partial charge in [0, 0.05) is 16.6 Å². The summed E-state index contributed by atoms with van der Waals surface area (Å²) in [6.07, 6.45) is 0. The van der Waals surface area contributed by atoms with E-state index in [1.54, 1.807) is 12.1 Å². The first-order valence-corrected chi connectivity index (χ1v) is 6.17. The normalized spacial score (nSPS) is 17.3. The molecule has 2 N–H and O–H groups in total. The molecule has 1 aromatic rings. The Bertz CT molecular complexity index is 395. The number of hydrogen-bond acceptors (Lipinski definition) is 3. The highest BCUT2D eigenvalue weighted by Crippen LogP contribution is 2.25. The van der Waals surface area contributed by atoms with E-state index >= 15 is 0 Å². The first-order valence-electron chi connectivity index (χ1n) is 5.38. The van der Waals surface area contributed by atoms with Gasteiger partial charge in [0.1, 0.15) is 0 Å². The summed E-state index contributed by atoms with van der Waals surface area (Å²) in [4.78, 5) is 11.8. The zero-order valence-electron chi connectivity index (χ0n) is 9.28. The second-order valence-corrected chi connectivity index (χ2v) is 5.26. The summed E-state index contributed by atoms with van der Waals surface area (Å²) < 4.78 is 6.00. The predicted octanol–water partition coefficient (Wildman–Crippen LogP) is 1.19. The molecule has 1 aromatic carbocycles. The quantitative estimate of drug-likeness (QED) is 0.878. The highest BCUT2D eigenvalue weighted by Gasteiger charge is 2.38. The van der Waals surface area contributed by atoms with Crippen molar-refractivity contribution in [1.82, 2.24) is 5.32 Å². The summed E-state index contributed by atoms with van der Waals surface area (Å²) in [6.45, 7) is 1.49. The van der Waals surface area contributed by atoms with Crippen molar-refractivity contribution < 1.29 is 14.6 Å². The highest BCUT2D eigenvalue weighted by atomic mass is 79.9. The Hall–Kier alpha value is -0.910. The Labute approximate surface area is 108 Å². The molecular weight excluding hydrogens is 286 g/mol. The number of halogens is 1. The average molecular weight is 300 g/mol. The average Bonchev–Trinajstić information content (AvgIpc) is 2.29. The van der Waals surface area contributed by atoms with Crippen LogP contribution in [0.2, 0.25) is 0 Å². The minimum absolute atomic E-state index is 0.0353. The fraction of sp³-hybridized carbons (Fsp3) is 0.417. The maximum absolute atomic E-state index is 11.8. The Kier molecular flexibility index (Phi) is 3.81. The van der Waals surface area contributed by atoms with E-state index in [1.807, 2.05) is 12.1 Å². The number of hydrogen-bond donors (Lipinski definition) is 2. The summed E-state index contributed by atoms with van der Waals surface area (Å²) in [6, 6.07) is 7.15. The van der Waals surface area contributed by atoms with Crippen LogP contribution in [0.5, 0.6) is 0 Å². The van der Waals surface area contributed by atoms with Crippen LogP contribution >= 0.6 is 15.9 Å². The predicted molar refractivity (Wildman–Crippen MR) is 66.8 cm³/mol. The second-order valence-electron chi connectivity index (χ2n) is 4.34. The minimum Gasteiger partial charge on any atom is -0.396 e. The van der Waals surface area contributed by atoms with Gasteiger partial charge in [0.05, 0.1) is 25.2 Å². The van der Waals surface area contributed by atoms with Crippen LogP contribution in [0, 0.1) is 5.41 Å². The van der Waals surface area contributed by atoms with Gasteiger partial charge in [0.2, 0.25) is 0 Å². The smallest absolute Gasteiger partial charge is 0.251 e. The fourth-order valence-corrected chi connectivity index (χ4v) is 1.88. The molecule has 2 rings (SSSR count). The third kappa shape index (κ3) is 2.86. The summed E-state index contributed by atoms with van der Waals surface area (Å²) in [7, 11) is 0. The lowest BCUT2D eigenvalue weighted by atomic mass is 9.87. The Morgan fingerprint density at radius 1 is 1.41 bits per heavy atom. The van der Waals surface area contributed by atoms with Crippen molar-refractivity contribution in [1.29, 1.82) is 0 Å². The number of carbonyl (C=O) groups excluding carboxylic acids is 1. The van der Waals surface area contributed by atoms with Gasteiger partial charge in [-0.1, -0.05) is 15.9 Å². The van der Waals surface area contributed by atoms with Crippen molar-refractivity contribution in [3.05, 3.63) is 34.3 Å². The number of ether oxygens (including phenoxy) is 1. The molecule has 1 aliphatic heterocycles. The molecule has 1 heterocycles. The van der Waals surface area contributed by atoms with Crippen LogP contribution in [0.1, 0.15) is 10.4 Å². The molecule has 17 heavy (non-hydrogen) atoms. The molecule has 92 valence electrons. The summed E-state index contributed by atoms with van der Waals surface area (Å²) in [5, 5.41) is 12.0. The van der Waals surface area contributed by atoms with Gasteiger partial charge in [-0.05, 0) is 24.3 Å².